The lowest BCUT2D eigenvalue weighted by molar-refractivity contribution is 0.475. The quantitative estimate of drug-likeness (QED) is 0.618. The normalized spacial score (nSPS) is 14.4. The van der Waals surface area contributed by atoms with Crippen LogP contribution in [-0.4, -0.2) is 16.1 Å². The molecule has 0 amide bonds. The molecule has 1 aliphatic carbocycles. The molecule has 3 nitrogen and oxygen atoms in total. The van der Waals surface area contributed by atoms with E-state index in [4.69, 9.17) is 0 Å². The molecular formula is C22H20F2N2O. The second-order valence-electron chi connectivity index (χ2n) is 6.93. The van der Waals surface area contributed by atoms with Crippen LogP contribution in [-0.2, 0) is 0 Å². The van der Waals surface area contributed by atoms with E-state index in [-0.39, 0.29) is 11.3 Å². The SMILES string of the molecule is Oc1cccc(-c2cc(-c3cc(F)ccc3F)cc(NC3CCCC3)n2)c1. The Hall–Kier alpha value is -2.95. The number of anilines is 1. The van der Waals surface area contributed by atoms with E-state index < -0.39 is 11.6 Å². The van der Waals surface area contributed by atoms with Crippen molar-refractivity contribution in [2.24, 2.45) is 0 Å². The number of nitrogens with zero attached hydrogens (tertiary/aromatic N) is 1. The molecule has 4 rings (SSSR count). The van der Waals surface area contributed by atoms with Crippen LogP contribution in [0.4, 0.5) is 14.6 Å². The highest BCUT2D eigenvalue weighted by Crippen LogP contribution is 2.32. The first-order valence-corrected chi connectivity index (χ1v) is 9.12. The highest BCUT2D eigenvalue weighted by molar-refractivity contribution is 5.74. The summed E-state index contributed by atoms with van der Waals surface area (Å²) in [5.74, 6) is -0.230. The fourth-order valence-corrected chi connectivity index (χ4v) is 3.57. The van der Waals surface area contributed by atoms with Crippen molar-refractivity contribution in [1.82, 2.24) is 4.98 Å². The van der Waals surface area contributed by atoms with Crippen molar-refractivity contribution in [2.45, 2.75) is 31.7 Å². The zero-order valence-corrected chi connectivity index (χ0v) is 14.8. The Morgan fingerprint density at radius 2 is 1.74 bits per heavy atom. The monoisotopic (exact) mass is 366 g/mol. The summed E-state index contributed by atoms with van der Waals surface area (Å²) in [6.45, 7) is 0. The second kappa shape index (κ2) is 7.35. The summed E-state index contributed by atoms with van der Waals surface area (Å²) in [4.78, 5) is 4.65. The summed E-state index contributed by atoms with van der Waals surface area (Å²) in [7, 11) is 0. The number of benzene rings is 2. The fraction of sp³-hybridized carbons (Fsp3) is 0.227. The van der Waals surface area contributed by atoms with Crippen LogP contribution in [0, 0.1) is 11.6 Å². The van der Waals surface area contributed by atoms with Crippen molar-refractivity contribution in [3.63, 3.8) is 0 Å². The minimum absolute atomic E-state index is 0.127. The summed E-state index contributed by atoms with van der Waals surface area (Å²) < 4.78 is 28.0. The molecule has 1 aliphatic rings. The molecule has 0 radical (unpaired) electrons. The fourth-order valence-electron chi connectivity index (χ4n) is 3.57. The molecule has 3 aromatic rings. The summed E-state index contributed by atoms with van der Waals surface area (Å²) in [6.07, 6.45) is 4.49. The molecule has 1 fully saturated rings. The zero-order valence-electron chi connectivity index (χ0n) is 14.8. The third-order valence-corrected chi connectivity index (χ3v) is 4.91. The standard InChI is InChI=1S/C22H20F2N2O/c23-16-8-9-20(24)19(13-16)15-11-21(14-4-3-7-18(27)10-14)26-22(12-15)25-17-5-1-2-6-17/h3-4,7-13,17,27H,1-2,5-6H2,(H,25,26). The molecule has 2 aromatic carbocycles. The van der Waals surface area contributed by atoms with Gasteiger partial charge in [-0.1, -0.05) is 25.0 Å². The van der Waals surface area contributed by atoms with E-state index in [1.807, 2.05) is 6.07 Å². The molecule has 0 unspecified atom stereocenters. The van der Waals surface area contributed by atoms with Crippen LogP contribution in [0.5, 0.6) is 5.75 Å². The van der Waals surface area contributed by atoms with E-state index in [9.17, 15) is 13.9 Å². The molecule has 2 N–H and O–H groups in total. The average molecular weight is 366 g/mol. The van der Waals surface area contributed by atoms with E-state index in [0.717, 1.165) is 25.0 Å². The van der Waals surface area contributed by atoms with Crippen LogP contribution in [0.15, 0.2) is 54.6 Å². The van der Waals surface area contributed by atoms with Crippen molar-refractivity contribution in [2.75, 3.05) is 5.32 Å². The summed E-state index contributed by atoms with van der Waals surface area (Å²) in [5.41, 5.74) is 2.03. The minimum atomic E-state index is -0.493. The number of nitrogens with one attached hydrogen (secondary N) is 1. The third kappa shape index (κ3) is 3.92. The molecular weight excluding hydrogens is 346 g/mol. The Bertz CT molecular complexity index is 968. The van der Waals surface area contributed by atoms with Crippen LogP contribution < -0.4 is 5.32 Å². The van der Waals surface area contributed by atoms with Gasteiger partial charge in [0.1, 0.15) is 23.2 Å². The summed E-state index contributed by atoms with van der Waals surface area (Å²) in [5, 5.41) is 13.2. The molecule has 1 saturated carbocycles. The predicted molar refractivity (Wildman–Crippen MR) is 103 cm³/mol. The summed E-state index contributed by atoms with van der Waals surface area (Å²) in [6, 6.07) is 14.0. The molecule has 0 atom stereocenters. The lowest BCUT2D eigenvalue weighted by atomic mass is 10.0. The molecule has 5 heteroatoms. The molecule has 1 aromatic heterocycles. The van der Waals surface area contributed by atoms with Crippen LogP contribution in [0.2, 0.25) is 0 Å². The van der Waals surface area contributed by atoms with Crippen molar-refractivity contribution in [1.29, 1.82) is 0 Å². The zero-order chi connectivity index (χ0) is 18.8. The van der Waals surface area contributed by atoms with E-state index in [1.165, 1.54) is 18.9 Å². The lowest BCUT2D eigenvalue weighted by Crippen LogP contribution is -2.15. The lowest BCUT2D eigenvalue weighted by Gasteiger charge is -2.16. The first-order valence-electron chi connectivity index (χ1n) is 9.12. The van der Waals surface area contributed by atoms with Gasteiger partial charge in [-0.05, 0) is 60.9 Å². The number of hydrogen-bond acceptors (Lipinski definition) is 3. The van der Waals surface area contributed by atoms with Gasteiger partial charge in [-0.25, -0.2) is 13.8 Å². The van der Waals surface area contributed by atoms with Gasteiger partial charge in [0.2, 0.25) is 0 Å². The van der Waals surface area contributed by atoms with Crippen molar-refractivity contribution in [3.05, 3.63) is 66.2 Å². The molecule has 0 spiro atoms. The van der Waals surface area contributed by atoms with Gasteiger partial charge < -0.3 is 10.4 Å². The maximum atomic E-state index is 14.3. The highest BCUT2D eigenvalue weighted by atomic mass is 19.1. The third-order valence-electron chi connectivity index (χ3n) is 4.91. The Kier molecular flexibility index (Phi) is 4.75. The number of aromatic nitrogens is 1. The topological polar surface area (TPSA) is 45.1 Å². The van der Waals surface area contributed by atoms with Crippen molar-refractivity contribution >= 4 is 5.82 Å². The molecule has 1 heterocycles. The van der Waals surface area contributed by atoms with Gasteiger partial charge in [0, 0.05) is 17.2 Å². The van der Waals surface area contributed by atoms with Crippen LogP contribution >= 0.6 is 0 Å². The molecule has 0 bridgehead atoms. The number of pyridine rings is 1. The van der Waals surface area contributed by atoms with E-state index in [0.29, 0.717) is 28.7 Å². The number of hydrogen-bond donors (Lipinski definition) is 2. The first kappa shape index (κ1) is 17.5. The predicted octanol–water partition coefficient (Wildman–Crippen LogP) is 5.75. The highest BCUT2D eigenvalue weighted by Gasteiger charge is 2.17. The molecule has 0 saturated heterocycles. The smallest absolute Gasteiger partial charge is 0.131 e. The second-order valence-corrected chi connectivity index (χ2v) is 6.93. The Morgan fingerprint density at radius 1 is 0.926 bits per heavy atom. The average Bonchev–Trinajstić information content (AvgIpc) is 3.16. The number of phenolic OH excluding ortho intramolecular Hbond substituents is 1. The minimum Gasteiger partial charge on any atom is -0.508 e. The number of rotatable bonds is 4. The molecule has 0 aliphatic heterocycles. The number of aromatic hydroxyl groups is 1. The number of halogens is 2. The van der Waals surface area contributed by atoms with E-state index in [1.54, 1.807) is 30.3 Å². The van der Waals surface area contributed by atoms with E-state index in [2.05, 4.69) is 10.3 Å². The van der Waals surface area contributed by atoms with Crippen LogP contribution in [0.3, 0.4) is 0 Å². The van der Waals surface area contributed by atoms with Crippen LogP contribution in [0.1, 0.15) is 25.7 Å². The Labute approximate surface area is 156 Å². The Morgan fingerprint density at radius 3 is 2.52 bits per heavy atom. The largest absolute Gasteiger partial charge is 0.508 e. The molecule has 138 valence electrons. The maximum Gasteiger partial charge on any atom is 0.131 e. The van der Waals surface area contributed by atoms with Gasteiger partial charge in [0.15, 0.2) is 0 Å². The number of phenols is 1. The van der Waals surface area contributed by atoms with Gasteiger partial charge >= 0.3 is 0 Å². The van der Waals surface area contributed by atoms with E-state index >= 15 is 0 Å². The summed E-state index contributed by atoms with van der Waals surface area (Å²) >= 11 is 0. The molecule has 27 heavy (non-hydrogen) atoms. The van der Waals surface area contributed by atoms with Gasteiger partial charge in [-0.15, -0.1) is 0 Å². The van der Waals surface area contributed by atoms with Gasteiger partial charge in [-0.3, -0.25) is 0 Å². The van der Waals surface area contributed by atoms with Crippen molar-refractivity contribution < 1.29 is 13.9 Å². The van der Waals surface area contributed by atoms with Crippen LogP contribution in [0.25, 0.3) is 22.4 Å². The van der Waals surface area contributed by atoms with Gasteiger partial charge in [0.05, 0.1) is 5.69 Å². The van der Waals surface area contributed by atoms with Crippen molar-refractivity contribution in [3.8, 4) is 28.1 Å². The first-order chi connectivity index (χ1) is 13.1. The Balaban J connectivity index is 1.82. The maximum absolute atomic E-state index is 14.3. The van der Waals surface area contributed by atoms with Gasteiger partial charge in [0.25, 0.3) is 0 Å². The van der Waals surface area contributed by atoms with Gasteiger partial charge in [-0.2, -0.15) is 0 Å².